The fourth-order valence-corrected chi connectivity index (χ4v) is 1.81. The van der Waals surface area contributed by atoms with Gasteiger partial charge in [0, 0.05) is 11.6 Å². The van der Waals surface area contributed by atoms with Crippen LogP contribution in [-0.4, -0.2) is 28.5 Å². The Hall–Kier alpha value is -2.29. The van der Waals surface area contributed by atoms with Gasteiger partial charge in [-0.25, -0.2) is 5.43 Å². The van der Waals surface area contributed by atoms with E-state index in [1.165, 1.54) is 18.3 Å². The van der Waals surface area contributed by atoms with Crippen LogP contribution in [0.2, 0.25) is 0 Å². The summed E-state index contributed by atoms with van der Waals surface area (Å²) >= 11 is 0.911. The lowest BCUT2D eigenvalue weighted by molar-refractivity contribution is -0.380. The number of hydrogen-bond donors (Lipinski definition) is 2. The predicted octanol–water partition coefficient (Wildman–Crippen LogP) is 1.02. The van der Waals surface area contributed by atoms with Gasteiger partial charge in [-0.1, -0.05) is 11.3 Å². The van der Waals surface area contributed by atoms with Crippen molar-refractivity contribution < 1.29 is 14.5 Å². The van der Waals surface area contributed by atoms with Crippen molar-refractivity contribution in [2.45, 2.75) is 26.3 Å². The minimum Gasteiger partial charge on any atom is -0.343 e. The molecular weight excluding hydrogens is 284 g/mol. The summed E-state index contributed by atoms with van der Waals surface area (Å²) in [4.78, 5) is 33.2. The molecule has 1 rings (SSSR count). The van der Waals surface area contributed by atoms with Crippen molar-refractivity contribution in [2.24, 2.45) is 5.10 Å². The highest BCUT2D eigenvalue weighted by Gasteiger charge is 2.19. The van der Waals surface area contributed by atoms with Crippen LogP contribution in [-0.2, 0) is 9.59 Å². The van der Waals surface area contributed by atoms with Crippen LogP contribution in [0.5, 0.6) is 0 Å². The largest absolute Gasteiger partial charge is 0.343 e. The second-order valence-corrected chi connectivity index (χ2v) is 5.93. The molecular formula is C11H14N4O4S. The van der Waals surface area contributed by atoms with Crippen LogP contribution in [0.15, 0.2) is 17.2 Å². The van der Waals surface area contributed by atoms with E-state index in [9.17, 15) is 19.7 Å². The maximum atomic E-state index is 11.4. The highest BCUT2D eigenvalue weighted by atomic mass is 32.1. The van der Waals surface area contributed by atoms with Crippen LogP contribution < -0.4 is 10.7 Å². The molecule has 1 aromatic rings. The van der Waals surface area contributed by atoms with E-state index in [4.69, 9.17) is 0 Å². The van der Waals surface area contributed by atoms with E-state index in [1.54, 1.807) is 20.8 Å². The van der Waals surface area contributed by atoms with E-state index in [1.807, 2.05) is 5.43 Å². The molecule has 2 N–H and O–H groups in total. The lowest BCUT2D eigenvalue weighted by Crippen LogP contribution is -2.47. The molecule has 0 saturated carbocycles. The van der Waals surface area contributed by atoms with E-state index in [0.717, 1.165) is 11.3 Å². The Morgan fingerprint density at radius 2 is 2.00 bits per heavy atom. The number of hydrogen-bond acceptors (Lipinski definition) is 6. The third-order valence-electron chi connectivity index (χ3n) is 1.85. The van der Waals surface area contributed by atoms with Crippen molar-refractivity contribution in [1.82, 2.24) is 10.7 Å². The van der Waals surface area contributed by atoms with Gasteiger partial charge in [0.05, 0.1) is 16.0 Å². The van der Waals surface area contributed by atoms with Crippen molar-refractivity contribution in [1.29, 1.82) is 0 Å². The van der Waals surface area contributed by atoms with Gasteiger partial charge in [0.2, 0.25) is 0 Å². The first kappa shape index (κ1) is 15.8. The van der Waals surface area contributed by atoms with Gasteiger partial charge in [-0.2, -0.15) is 5.10 Å². The normalized spacial score (nSPS) is 11.3. The fraction of sp³-hybridized carbons (Fsp3) is 0.364. The van der Waals surface area contributed by atoms with Crippen LogP contribution in [0.4, 0.5) is 5.00 Å². The maximum Gasteiger partial charge on any atom is 0.329 e. The van der Waals surface area contributed by atoms with Gasteiger partial charge >= 0.3 is 16.8 Å². The minimum atomic E-state index is -0.901. The average Bonchev–Trinajstić information content (AvgIpc) is 2.75. The van der Waals surface area contributed by atoms with Crippen molar-refractivity contribution in [3.8, 4) is 0 Å². The van der Waals surface area contributed by atoms with E-state index in [-0.39, 0.29) is 5.00 Å². The summed E-state index contributed by atoms with van der Waals surface area (Å²) in [6.07, 6.45) is 1.24. The molecule has 0 fully saturated rings. The van der Waals surface area contributed by atoms with Gasteiger partial charge in [0.15, 0.2) is 0 Å². The number of carbonyl (C=O) groups is 2. The molecule has 108 valence electrons. The van der Waals surface area contributed by atoms with Crippen molar-refractivity contribution in [3.63, 3.8) is 0 Å². The van der Waals surface area contributed by atoms with E-state index < -0.39 is 22.3 Å². The second-order valence-electron chi connectivity index (χ2n) is 4.84. The third kappa shape index (κ3) is 5.14. The Morgan fingerprint density at radius 3 is 2.50 bits per heavy atom. The molecule has 1 heterocycles. The van der Waals surface area contributed by atoms with Crippen molar-refractivity contribution >= 4 is 34.4 Å². The first-order chi connectivity index (χ1) is 9.19. The van der Waals surface area contributed by atoms with Crippen molar-refractivity contribution in [3.05, 3.63) is 27.1 Å². The Morgan fingerprint density at radius 1 is 1.35 bits per heavy atom. The molecule has 0 aliphatic carbocycles. The highest BCUT2D eigenvalue weighted by molar-refractivity contribution is 7.16. The molecule has 8 nitrogen and oxygen atoms in total. The third-order valence-corrected chi connectivity index (χ3v) is 2.82. The quantitative estimate of drug-likeness (QED) is 0.375. The maximum absolute atomic E-state index is 11.4. The topological polar surface area (TPSA) is 114 Å². The molecule has 0 spiro atoms. The summed E-state index contributed by atoms with van der Waals surface area (Å²) in [6, 6.07) is 2.83. The number of rotatable bonds is 3. The molecule has 2 amide bonds. The molecule has 0 aliphatic heterocycles. The molecule has 0 saturated heterocycles. The van der Waals surface area contributed by atoms with E-state index >= 15 is 0 Å². The molecule has 1 aromatic heterocycles. The van der Waals surface area contributed by atoms with E-state index in [0.29, 0.717) is 4.88 Å². The van der Waals surface area contributed by atoms with Gasteiger partial charge in [-0.15, -0.1) is 0 Å². The van der Waals surface area contributed by atoms with Crippen LogP contribution in [0.1, 0.15) is 25.6 Å². The van der Waals surface area contributed by atoms with Gasteiger partial charge in [-0.3, -0.25) is 19.7 Å². The summed E-state index contributed by atoms with van der Waals surface area (Å²) in [6.45, 7) is 5.23. The summed E-state index contributed by atoms with van der Waals surface area (Å²) < 4.78 is 0. The number of nitro groups is 1. The first-order valence-electron chi connectivity index (χ1n) is 5.59. The number of nitrogens with zero attached hydrogens (tertiary/aromatic N) is 2. The Kier molecular flexibility index (Phi) is 4.92. The zero-order chi connectivity index (χ0) is 15.3. The molecule has 0 aliphatic rings. The molecule has 0 atom stereocenters. The summed E-state index contributed by atoms with van der Waals surface area (Å²) in [5.74, 6) is -1.70. The molecule has 0 unspecified atom stereocenters. The average molecular weight is 298 g/mol. The molecule has 0 aromatic carbocycles. The number of hydrazone groups is 1. The number of thiophene rings is 1. The number of carbonyl (C=O) groups excluding carboxylic acids is 2. The summed E-state index contributed by atoms with van der Waals surface area (Å²) in [5, 5.41) is 16.5. The second kappa shape index (κ2) is 6.24. The van der Waals surface area contributed by atoms with Crippen LogP contribution in [0, 0.1) is 10.1 Å². The highest BCUT2D eigenvalue weighted by Crippen LogP contribution is 2.22. The van der Waals surface area contributed by atoms with Crippen LogP contribution in [0.25, 0.3) is 0 Å². The van der Waals surface area contributed by atoms with E-state index in [2.05, 4.69) is 10.4 Å². The Labute approximate surface area is 119 Å². The van der Waals surface area contributed by atoms with Gasteiger partial charge in [-0.05, 0) is 26.8 Å². The molecule has 0 radical (unpaired) electrons. The monoisotopic (exact) mass is 298 g/mol. The summed E-state index contributed by atoms with van der Waals surface area (Å²) in [5.41, 5.74) is 1.53. The number of amides is 2. The lowest BCUT2D eigenvalue weighted by atomic mass is 10.1. The standard InChI is InChI=1S/C11H14N4O4S/c1-11(2,3)13-9(16)10(17)14-12-6-7-4-5-8(20-7)15(18)19/h4-6H,1-3H3,(H,13,16)(H,14,17)/b12-6+. The SMILES string of the molecule is CC(C)(C)NC(=O)C(=O)N/N=C/c1ccc([N+](=O)[O-])s1. The molecule has 9 heteroatoms. The van der Waals surface area contributed by atoms with Gasteiger partial charge in [0.1, 0.15) is 0 Å². The van der Waals surface area contributed by atoms with Crippen LogP contribution >= 0.6 is 11.3 Å². The molecule has 0 bridgehead atoms. The Balaban J connectivity index is 2.53. The lowest BCUT2D eigenvalue weighted by Gasteiger charge is -2.19. The first-order valence-corrected chi connectivity index (χ1v) is 6.40. The zero-order valence-electron chi connectivity index (χ0n) is 11.2. The zero-order valence-corrected chi connectivity index (χ0v) is 12.0. The smallest absolute Gasteiger partial charge is 0.329 e. The predicted molar refractivity (Wildman–Crippen MR) is 74.6 cm³/mol. The van der Waals surface area contributed by atoms with Gasteiger partial charge < -0.3 is 5.32 Å². The van der Waals surface area contributed by atoms with Gasteiger partial charge in [0.25, 0.3) is 0 Å². The summed E-state index contributed by atoms with van der Waals surface area (Å²) in [7, 11) is 0. The minimum absolute atomic E-state index is 0.0248. The molecule has 20 heavy (non-hydrogen) atoms. The Bertz CT molecular complexity index is 559. The number of nitrogens with one attached hydrogen (secondary N) is 2. The van der Waals surface area contributed by atoms with Crippen LogP contribution in [0.3, 0.4) is 0 Å². The van der Waals surface area contributed by atoms with Crippen molar-refractivity contribution in [2.75, 3.05) is 0 Å². The fourth-order valence-electron chi connectivity index (χ4n) is 1.11.